The minimum Gasteiger partial charge on any atom is -0.347 e. The zero-order valence-corrected chi connectivity index (χ0v) is 11.7. The summed E-state index contributed by atoms with van der Waals surface area (Å²) in [6.45, 7) is 2.83. The molecule has 0 radical (unpaired) electrons. The van der Waals surface area contributed by atoms with E-state index in [1.54, 1.807) is 32.3 Å². The van der Waals surface area contributed by atoms with E-state index in [0.717, 1.165) is 5.56 Å². The van der Waals surface area contributed by atoms with Crippen LogP contribution in [-0.4, -0.2) is 48.8 Å². The highest BCUT2D eigenvalue weighted by atomic mass is 16.2. The number of benzene rings is 1. The summed E-state index contributed by atoms with van der Waals surface area (Å²) in [7, 11) is 3.35. The molecule has 0 saturated heterocycles. The minimum atomic E-state index is -0.145. The normalized spacial score (nSPS) is 10.1. The maximum absolute atomic E-state index is 12.3. The van der Waals surface area contributed by atoms with Crippen LogP contribution in [0.5, 0.6) is 0 Å². The summed E-state index contributed by atoms with van der Waals surface area (Å²) in [5.41, 5.74) is 7.03. The third-order valence-corrected chi connectivity index (χ3v) is 2.90. The quantitative estimate of drug-likeness (QED) is 0.850. The van der Waals surface area contributed by atoms with Crippen LogP contribution in [0, 0.1) is 0 Å². The molecule has 19 heavy (non-hydrogen) atoms. The molecule has 0 unspecified atom stereocenters. The SMILES string of the molecule is CCN(CC(=O)N(C)C)C(=O)c1cccc(CN)c1. The summed E-state index contributed by atoms with van der Waals surface area (Å²) in [5.74, 6) is -0.238. The lowest BCUT2D eigenvalue weighted by atomic mass is 10.1. The average Bonchev–Trinajstić information content (AvgIpc) is 2.43. The Labute approximate surface area is 114 Å². The summed E-state index contributed by atoms with van der Waals surface area (Å²) >= 11 is 0. The molecule has 5 heteroatoms. The highest BCUT2D eigenvalue weighted by Crippen LogP contribution is 2.08. The van der Waals surface area contributed by atoms with Crippen molar-refractivity contribution in [3.8, 4) is 0 Å². The van der Waals surface area contributed by atoms with Crippen LogP contribution in [0.15, 0.2) is 24.3 Å². The molecule has 1 rings (SSSR count). The number of nitrogens with two attached hydrogens (primary N) is 1. The van der Waals surface area contributed by atoms with Crippen LogP contribution in [0.25, 0.3) is 0 Å². The van der Waals surface area contributed by atoms with E-state index in [0.29, 0.717) is 18.7 Å². The first-order valence-corrected chi connectivity index (χ1v) is 6.28. The first-order chi connectivity index (χ1) is 8.99. The maximum atomic E-state index is 12.3. The van der Waals surface area contributed by atoms with Crippen molar-refractivity contribution >= 4 is 11.8 Å². The first kappa shape index (κ1) is 15.2. The van der Waals surface area contributed by atoms with Crippen molar-refractivity contribution in [1.29, 1.82) is 0 Å². The van der Waals surface area contributed by atoms with Gasteiger partial charge in [-0.25, -0.2) is 0 Å². The largest absolute Gasteiger partial charge is 0.347 e. The van der Waals surface area contributed by atoms with Crippen LogP contribution in [0.3, 0.4) is 0 Å². The Morgan fingerprint density at radius 3 is 2.47 bits per heavy atom. The molecule has 1 aromatic rings. The second-order valence-electron chi connectivity index (χ2n) is 4.51. The molecule has 0 aliphatic heterocycles. The first-order valence-electron chi connectivity index (χ1n) is 6.28. The van der Waals surface area contributed by atoms with Crippen molar-refractivity contribution in [2.45, 2.75) is 13.5 Å². The second kappa shape index (κ2) is 6.89. The molecule has 2 amide bonds. The molecule has 0 fully saturated rings. The number of rotatable bonds is 5. The Hall–Kier alpha value is -1.88. The van der Waals surface area contributed by atoms with Crippen LogP contribution in [0.1, 0.15) is 22.8 Å². The van der Waals surface area contributed by atoms with Gasteiger partial charge in [0.15, 0.2) is 0 Å². The molecular weight excluding hydrogens is 242 g/mol. The summed E-state index contributed by atoms with van der Waals surface area (Å²) in [5, 5.41) is 0. The van der Waals surface area contributed by atoms with Gasteiger partial charge in [0.1, 0.15) is 0 Å². The van der Waals surface area contributed by atoms with Crippen molar-refractivity contribution in [2.75, 3.05) is 27.2 Å². The van der Waals surface area contributed by atoms with Crippen molar-refractivity contribution in [3.05, 3.63) is 35.4 Å². The summed E-state index contributed by atoms with van der Waals surface area (Å²) in [6.07, 6.45) is 0. The van der Waals surface area contributed by atoms with Gasteiger partial charge in [-0.1, -0.05) is 12.1 Å². The average molecular weight is 263 g/mol. The molecule has 0 aliphatic carbocycles. The molecule has 0 spiro atoms. The second-order valence-corrected chi connectivity index (χ2v) is 4.51. The number of hydrogen-bond acceptors (Lipinski definition) is 3. The van der Waals surface area contributed by atoms with Gasteiger partial charge in [-0.2, -0.15) is 0 Å². The van der Waals surface area contributed by atoms with Gasteiger partial charge in [-0.15, -0.1) is 0 Å². The summed E-state index contributed by atoms with van der Waals surface area (Å²) < 4.78 is 0. The molecular formula is C14H21N3O2. The predicted octanol–water partition coefficient (Wildman–Crippen LogP) is 0.696. The smallest absolute Gasteiger partial charge is 0.254 e. The van der Waals surface area contributed by atoms with Crippen molar-refractivity contribution in [1.82, 2.24) is 9.80 Å². The number of hydrogen-bond donors (Lipinski definition) is 1. The Bertz CT molecular complexity index is 458. The topological polar surface area (TPSA) is 66.6 Å². The number of likely N-dealkylation sites (N-methyl/N-ethyl adjacent to an activating group) is 2. The van der Waals surface area contributed by atoms with E-state index in [9.17, 15) is 9.59 Å². The monoisotopic (exact) mass is 263 g/mol. The molecule has 0 heterocycles. The van der Waals surface area contributed by atoms with E-state index in [4.69, 9.17) is 5.73 Å². The van der Waals surface area contributed by atoms with E-state index >= 15 is 0 Å². The van der Waals surface area contributed by atoms with Crippen LogP contribution >= 0.6 is 0 Å². The fourth-order valence-corrected chi connectivity index (χ4v) is 1.65. The van der Waals surface area contributed by atoms with Gasteiger partial charge in [-0.05, 0) is 24.6 Å². The van der Waals surface area contributed by atoms with Gasteiger partial charge in [0, 0.05) is 32.7 Å². The molecule has 0 bridgehead atoms. The fraction of sp³-hybridized carbons (Fsp3) is 0.429. The molecule has 1 aromatic carbocycles. The molecule has 0 atom stereocenters. The Kier molecular flexibility index (Phi) is 5.51. The Balaban J connectivity index is 2.86. The van der Waals surface area contributed by atoms with E-state index in [-0.39, 0.29) is 18.4 Å². The highest BCUT2D eigenvalue weighted by molar-refractivity contribution is 5.96. The number of nitrogens with zero attached hydrogens (tertiary/aromatic N) is 2. The lowest BCUT2D eigenvalue weighted by Gasteiger charge is -2.22. The van der Waals surface area contributed by atoms with E-state index in [1.807, 2.05) is 13.0 Å². The third kappa shape index (κ3) is 4.06. The van der Waals surface area contributed by atoms with E-state index in [2.05, 4.69) is 0 Å². The molecule has 0 saturated carbocycles. The van der Waals surface area contributed by atoms with Crippen molar-refractivity contribution in [3.63, 3.8) is 0 Å². The molecule has 0 aliphatic rings. The van der Waals surface area contributed by atoms with Gasteiger partial charge in [0.2, 0.25) is 5.91 Å². The van der Waals surface area contributed by atoms with Crippen LogP contribution in [0.2, 0.25) is 0 Å². The maximum Gasteiger partial charge on any atom is 0.254 e. The third-order valence-electron chi connectivity index (χ3n) is 2.90. The zero-order valence-electron chi connectivity index (χ0n) is 11.7. The number of carbonyl (C=O) groups is 2. The van der Waals surface area contributed by atoms with Gasteiger partial charge in [0.25, 0.3) is 5.91 Å². The molecule has 2 N–H and O–H groups in total. The molecule has 104 valence electrons. The minimum absolute atomic E-state index is 0.0924. The molecule has 0 aromatic heterocycles. The van der Waals surface area contributed by atoms with E-state index in [1.165, 1.54) is 9.80 Å². The standard InChI is InChI=1S/C14H21N3O2/c1-4-17(10-13(18)16(2)3)14(19)12-7-5-6-11(8-12)9-15/h5-8H,4,9-10,15H2,1-3H3. The summed E-state index contributed by atoms with van der Waals surface area (Å²) in [6, 6.07) is 7.19. The van der Waals surface area contributed by atoms with Gasteiger partial charge >= 0.3 is 0 Å². The number of carbonyl (C=O) groups excluding carboxylic acids is 2. The predicted molar refractivity (Wildman–Crippen MR) is 74.6 cm³/mol. The Morgan fingerprint density at radius 2 is 1.95 bits per heavy atom. The zero-order chi connectivity index (χ0) is 14.4. The number of amides is 2. The molecule has 5 nitrogen and oxygen atoms in total. The fourth-order valence-electron chi connectivity index (χ4n) is 1.65. The summed E-state index contributed by atoms with van der Waals surface area (Å²) in [4.78, 5) is 27.0. The Morgan fingerprint density at radius 1 is 1.26 bits per heavy atom. The lowest BCUT2D eigenvalue weighted by Crippen LogP contribution is -2.40. The highest BCUT2D eigenvalue weighted by Gasteiger charge is 2.18. The van der Waals surface area contributed by atoms with Crippen LogP contribution in [-0.2, 0) is 11.3 Å². The van der Waals surface area contributed by atoms with Gasteiger partial charge in [0.05, 0.1) is 6.54 Å². The van der Waals surface area contributed by atoms with Crippen LogP contribution < -0.4 is 5.73 Å². The van der Waals surface area contributed by atoms with Gasteiger partial charge < -0.3 is 15.5 Å². The van der Waals surface area contributed by atoms with Crippen LogP contribution in [0.4, 0.5) is 0 Å². The van der Waals surface area contributed by atoms with E-state index < -0.39 is 0 Å². The van der Waals surface area contributed by atoms with Crippen molar-refractivity contribution in [2.24, 2.45) is 5.73 Å². The van der Waals surface area contributed by atoms with Crippen molar-refractivity contribution < 1.29 is 9.59 Å². The van der Waals surface area contributed by atoms with Gasteiger partial charge in [-0.3, -0.25) is 9.59 Å². The lowest BCUT2D eigenvalue weighted by molar-refractivity contribution is -0.129.